The molecule has 1 rings (SSSR count). The fourth-order valence-electron chi connectivity index (χ4n) is 0.802. The third kappa shape index (κ3) is 1.95. The summed E-state index contributed by atoms with van der Waals surface area (Å²) in [6.45, 7) is 1.70. The summed E-state index contributed by atoms with van der Waals surface area (Å²) in [6.07, 6.45) is 0. The SMILES string of the molecule is Cc1cc(F)ccc1O[B]O. The quantitative estimate of drug-likeness (QED) is 0.643. The van der Waals surface area contributed by atoms with Gasteiger partial charge >= 0.3 is 7.69 Å². The van der Waals surface area contributed by atoms with Crippen LogP contribution in [0.3, 0.4) is 0 Å². The maximum atomic E-state index is 12.5. The average Bonchev–Trinajstić information content (AvgIpc) is 1.95. The van der Waals surface area contributed by atoms with E-state index in [9.17, 15) is 4.39 Å². The molecule has 57 valence electrons. The molecule has 0 spiro atoms. The van der Waals surface area contributed by atoms with E-state index in [4.69, 9.17) is 5.02 Å². The van der Waals surface area contributed by atoms with Gasteiger partial charge in [0, 0.05) is 0 Å². The number of aryl methyl sites for hydroxylation is 1. The Labute approximate surface area is 64.9 Å². The van der Waals surface area contributed by atoms with Gasteiger partial charge in [-0.3, -0.25) is 0 Å². The van der Waals surface area contributed by atoms with Crippen molar-refractivity contribution in [3.63, 3.8) is 0 Å². The lowest BCUT2D eigenvalue weighted by atomic mass is 10.2. The van der Waals surface area contributed by atoms with Crippen molar-refractivity contribution in [3.8, 4) is 5.75 Å². The molecule has 0 amide bonds. The molecular weight excluding hydrogens is 146 g/mol. The Morgan fingerprint density at radius 2 is 2.27 bits per heavy atom. The molecule has 0 aromatic heterocycles. The fraction of sp³-hybridized carbons (Fsp3) is 0.143. The summed E-state index contributed by atoms with van der Waals surface area (Å²) in [6, 6.07) is 4.06. The van der Waals surface area contributed by atoms with Gasteiger partial charge in [-0.05, 0) is 30.7 Å². The molecule has 11 heavy (non-hydrogen) atoms. The van der Waals surface area contributed by atoms with Crippen LogP contribution in [0.2, 0.25) is 0 Å². The number of hydrogen-bond donors (Lipinski definition) is 1. The van der Waals surface area contributed by atoms with Crippen molar-refractivity contribution < 1.29 is 14.1 Å². The van der Waals surface area contributed by atoms with Crippen LogP contribution >= 0.6 is 0 Å². The van der Waals surface area contributed by atoms with E-state index in [1.165, 1.54) is 18.2 Å². The van der Waals surface area contributed by atoms with Crippen molar-refractivity contribution in [2.75, 3.05) is 0 Å². The largest absolute Gasteiger partial charge is 0.569 e. The lowest BCUT2D eigenvalue weighted by molar-refractivity contribution is 0.450. The van der Waals surface area contributed by atoms with Gasteiger partial charge in [0.2, 0.25) is 0 Å². The summed E-state index contributed by atoms with van der Waals surface area (Å²) in [4.78, 5) is 0. The van der Waals surface area contributed by atoms with Gasteiger partial charge in [-0.1, -0.05) is 0 Å². The molecule has 0 atom stereocenters. The van der Waals surface area contributed by atoms with Gasteiger partial charge in [-0.2, -0.15) is 0 Å². The lowest BCUT2D eigenvalue weighted by Gasteiger charge is -2.04. The highest BCUT2D eigenvalue weighted by Gasteiger charge is 1.99. The molecule has 1 radical (unpaired) electrons. The Balaban J connectivity index is 2.90. The normalized spacial score (nSPS) is 9.36. The minimum atomic E-state index is -0.312. The van der Waals surface area contributed by atoms with Crippen LogP contribution in [0, 0.1) is 12.7 Å². The van der Waals surface area contributed by atoms with E-state index in [1.807, 2.05) is 0 Å². The van der Waals surface area contributed by atoms with Crippen LogP contribution < -0.4 is 4.65 Å². The zero-order valence-electron chi connectivity index (χ0n) is 6.04. The third-order valence-corrected chi connectivity index (χ3v) is 1.32. The predicted octanol–water partition coefficient (Wildman–Crippen LogP) is 1.04. The van der Waals surface area contributed by atoms with Gasteiger partial charge in [0.05, 0.1) is 0 Å². The first-order valence-corrected chi connectivity index (χ1v) is 3.13. The molecule has 0 aliphatic rings. The van der Waals surface area contributed by atoms with Crippen molar-refractivity contribution in [1.29, 1.82) is 0 Å². The van der Waals surface area contributed by atoms with E-state index in [-0.39, 0.29) is 5.82 Å². The maximum absolute atomic E-state index is 12.5. The van der Waals surface area contributed by atoms with Crippen LogP contribution in [0.4, 0.5) is 4.39 Å². The summed E-state index contributed by atoms with van der Waals surface area (Å²) in [5.74, 6) is 0.140. The maximum Gasteiger partial charge on any atom is 0.569 e. The summed E-state index contributed by atoms with van der Waals surface area (Å²) in [7, 11) is 0.570. The highest BCUT2D eigenvalue weighted by Crippen LogP contribution is 2.17. The average molecular weight is 153 g/mol. The van der Waals surface area contributed by atoms with Crippen LogP contribution in [-0.2, 0) is 0 Å². The number of hydrogen-bond acceptors (Lipinski definition) is 2. The highest BCUT2D eigenvalue weighted by atomic mass is 19.1. The van der Waals surface area contributed by atoms with Crippen molar-refractivity contribution in [1.82, 2.24) is 0 Å². The van der Waals surface area contributed by atoms with Gasteiger partial charge in [0.25, 0.3) is 0 Å². The zero-order valence-corrected chi connectivity index (χ0v) is 6.04. The van der Waals surface area contributed by atoms with Gasteiger partial charge < -0.3 is 9.68 Å². The second-order valence-electron chi connectivity index (χ2n) is 2.13. The van der Waals surface area contributed by atoms with E-state index >= 15 is 0 Å². The van der Waals surface area contributed by atoms with Gasteiger partial charge in [-0.15, -0.1) is 0 Å². The summed E-state index contributed by atoms with van der Waals surface area (Å²) in [5.41, 5.74) is 0.648. The highest BCUT2D eigenvalue weighted by molar-refractivity contribution is 6.17. The number of rotatable bonds is 2. The van der Waals surface area contributed by atoms with Crippen molar-refractivity contribution >= 4 is 7.69 Å². The first-order valence-electron chi connectivity index (χ1n) is 3.13. The second kappa shape index (κ2) is 3.39. The van der Waals surface area contributed by atoms with Gasteiger partial charge in [-0.25, -0.2) is 4.39 Å². The smallest absolute Gasteiger partial charge is 0.537 e. The van der Waals surface area contributed by atoms with E-state index in [2.05, 4.69) is 4.65 Å². The Morgan fingerprint density at radius 1 is 1.55 bits per heavy atom. The van der Waals surface area contributed by atoms with Crippen LogP contribution in [0.1, 0.15) is 5.56 Å². The fourth-order valence-corrected chi connectivity index (χ4v) is 0.802. The van der Waals surface area contributed by atoms with E-state index in [1.54, 1.807) is 6.92 Å². The van der Waals surface area contributed by atoms with Crippen LogP contribution in [-0.4, -0.2) is 12.7 Å². The van der Waals surface area contributed by atoms with Crippen LogP contribution in [0.15, 0.2) is 18.2 Å². The molecule has 0 saturated carbocycles. The second-order valence-corrected chi connectivity index (χ2v) is 2.13. The number of benzene rings is 1. The Morgan fingerprint density at radius 3 is 2.82 bits per heavy atom. The summed E-state index contributed by atoms with van der Waals surface area (Å²) in [5, 5.41) is 8.27. The molecule has 0 aliphatic carbocycles. The van der Waals surface area contributed by atoms with Crippen molar-refractivity contribution in [2.45, 2.75) is 6.92 Å². The molecule has 4 heteroatoms. The topological polar surface area (TPSA) is 29.5 Å². The Bertz CT molecular complexity index is 252. The molecule has 1 aromatic carbocycles. The molecule has 0 fully saturated rings. The molecule has 0 bridgehead atoms. The predicted molar refractivity (Wildman–Crippen MR) is 39.7 cm³/mol. The zero-order chi connectivity index (χ0) is 8.27. The van der Waals surface area contributed by atoms with Crippen LogP contribution in [0.5, 0.6) is 5.75 Å². The first kappa shape index (κ1) is 8.08. The molecule has 0 aliphatic heterocycles. The number of halogens is 1. The molecule has 0 heterocycles. The van der Waals surface area contributed by atoms with Gasteiger partial charge in [0.15, 0.2) is 0 Å². The third-order valence-electron chi connectivity index (χ3n) is 1.32. The molecule has 1 N–H and O–H groups in total. The minimum Gasteiger partial charge on any atom is -0.537 e. The van der Waals surface area contributed by atoms with Gasteiger partial charge in [0.1, 0.15) is 11.6 Å². The summed E-state index contributed by atoms with van der Waals surface area (Å²) < 4.78 is 17.1. The van der Waals surface area contributed by atoms with Crippen LogP contribution in [0.25, 0.3) is 0 Å². The monoisotopic (exact) mass is 153 g/mol. The first-order chi connectivity index (χ1) is 5.24. The van der Waals surface area contributed by atoms with Crippen molar-refractivity contribution in [2.24, 2.45) is 0 Å². The molecular formula is C7H7BFO2. The molecule has 2 nitrogen and oxygen atoms in total. The molecule has 0 unspecified atom stereocenters. The Kier molecular flexibility index (Phi) is 2.49. The summed E-state index contributed by atoms with van der Waals surface area (Å²) >= 11 is 0. The lowest BCUT2D eigenvalue weighted by Crippen LogP contribution is -2.01. The van der Waals surface area contributed by atoms with Crippen molar-refractivity contribution in [3.05, 3.63) is 29.6 Å². The minimum absolute atomic E-state index is 0.312. The molecule has 0 saturated heterocycles. The van der Waals surface area contributed by atoms with E-state index in [0.29, 0.717) is 19.0 Å². The van der Waals surface area contributed by atoms with E-state index < -0.39 is 0 Å². The molecule has 1 aromatic rings. The Hall–Kier alpha value is -1.03. The van der Waals surface area contributed by atoms with E-state index in [0.717, 1.165) is 0 Å². The standard InChI is InChI=1S/C7H7BFO2/c1-5-4-6(9)2-3-7(5)11-8-10/h2-4,10H,1H3.